The fourth-order valence-corrected chi connectivity index (χ4v) is 10.8. The summed E-state index contributed by atoms with van der Waals surface area (Å²) in [6, 6.07) is 11.6. The monoisotopic (exact) mass is 537 g/mol. The number of fused-ring (bicyclic) bond motifs is 9. The predicted octanol–water partition coefficient (Wildman–Crippen LogP) is 3.92. The number of anilines is 1. The molecule has 3 fully saturated rings. The Morgan fingerprint density at radius 2 is 1.83 bits per heavy atom. The Kier molecular flexibility index (Phi) is 5.10. The number of likely N-dealkylation sites (tertiary alicyclic amines) is 1. The molecule has 2 aliphatic heterocycles. The Morgan fingerprint density at radius 3 is 2.56 bits per heavy atom. The first-order valence-corrected chi connectivity index (χ1v) is 14.6. The van der Waals surface area contributed by atoms with E-state index < -0.39 is 0 Å². The minimum absolute atomic E-state index is 0.0560. The number of thiophene rings is 1. The van der Waals surface area contributed by atoms with Crippen LogP contribution in [0.25, 0.3) is 0 Å². The number of thioether (sulfide) groups is 1. The Hall–Kier alpha value is -2.69. The first-order chi connectivity index (χ1) is 17.4. The van der Waals surface area contributed by atoms with Gasteiger partial charge in [-0.25, -0.2) is 0 Å². The van der Waals surface area contributed by atoms with Crippen molar-refractivity contribution in [2.75, 3.05) is 11.9 Å². The highest BCUT2D eigenvalue weighted by molar-refractivity contribution is 8.00. The summed E-state index contributed by atoms with van der Waals surface area (Å²) >= 11 is 4.63. The van der Waals surface area contributed by atoms with Crippen LogP contribution in [0.4, 0.5) is 5.69 Å². The Morgan fingerprint density at radius 1 is 1.08 bits per heavy atom. The number of hydrogen-bond donors (Lipinski definition) is 2. The van der Waals surface area contributed by atoms with E-state index in [1.54, 1.807) is 23.1 Å². The largest absolute Gasteiger partial charge is 0.325 e. The lowest BCUT2D eigenvalue weighted by Gasteiger charge is -2.42. The quantitative estimate of drug-likeness (QED) is 0.492. The Bertz CT molecular complexity index is 1440. The molecule has 2 saturated carbocycles. The molecule has 1 aromatic carbocycles. The van der Waals surface area contributed by atoms with E-state index in [9.17, 15) is 19.2 Å². The van der Waals surface area contributed by atoms with E-state index in [1.165, 1.54) is 21.1 Å². The molecule has 36 heavy (non-hydrogen) atoms. The summed E-state index contributed by atoms with van der Waals surface area (Å²) in [5.41, 5.74) is 1.73. The third kappa shape index (κ3) is 3.23. The van der Waals surface area contributed by atoms with Crippen molar-refractivity contribution in [1.82, 2.24) is 9.88 Å². The van der Waals surface area contributed by atoms with Crippen molar-refractivity contribution < 1.29 is 14.4 Å². The van der Waals surface area contributed by atoms with Crippen LogP contribution in [0.1, 0.15) is 27.7 Å². The number of nitrogens with zero attached hydrogens (tertiary/aromatic N) is 1. The summed E-state index contributed by atoms with van der Waals surface area (Å²) in [6.07, 6.45) is 0.847. The van der Waals surface area contributed by atoms with Crippen LogP contribution in [0.3, 0.4) is 0 Å². The van der Waals surface area contributed by atoms with E-state index >= 15 is 0 Å². The van der Waals surface area contributed by atoms with Gasteiger partial charge in [-0.3, -0.25) is 24.1 Å². The maximum Gasteiger partial charge on any atom is 0.305 e. The second-order valence-corrected chi connectivity index (χ2v) is 13.3. The van der Waals surface area contributed by atoms with E-state index in [0.717, 1.165) is 21.9 Å². The van der Waals surface area contributed by atoms with E-state index in [2.05, 4.69) is 21.7 Å². The number of nitrogens with one attached hydrogen (secondary N) is 2. The second kappa shape index (κ2) is 8.16. The van der Waals surface area contributed by atoms with Crippen LogP contribution in [0, 0.1) is 36.5 Å². The normalized spacial score (nSPS) is 31.9. The number of H-pyrrole nitrogens is 1. The maximum absolute atomic E-state index is 13.6. The van der Waals surface area contributed by atoms with Gasteiger partial charge in [0.2, 0.25) is 17.7 Å². The molecule has 2 aliphatic carbocycles. The summed E-state index contributed by atoms with van der Waals surface area (Å²) in [4.78, 5) is 58.6. The van der Waals surface area contributed by atoms with Crippen LogP contribution >= 0.6 is 34.4 Å². The molecule has 6 unspecified atom stereocenters. The van der Waals surface area contributed by atoms with Crippen molar-refractivity contribution in [1.29, 1.82) is 0 Å². The van der Waals surface area contributed by atoms with E-state index in [0.29, 0.717) is 5.69 Å². The van der Waals surface area contributed by atoms with Crippen molar-refractivity contribution in [3.8, 4) is 0 Å². The maximum atomic E-state index is 13.6. The molecule has 10 heteroatoms. The van der Waals surface area contributed by atoms with Crippen molar-refractivity contribution in [3.05, 3.63) is 66.8 Å². The number of carbonyl (C=O) groups excluding carboxylic acids is 3. The molecule has 7 rings (SSSR count). The highest BCUT2D eigenvalue weighted by atomic mass is 32.2. The van der Waals surface area contributed by atoms with Gasteiger partial charge in [0.25, 0.3) is 0 Å². The van der Waals surface area contributed by atoms with Gasteiger partial charge in [0, 0.05) is 26.6 Å². The first-order valence-electron chi connectivity index (χ1n) is 12.1. The van der Waals surface area contributed by atoms with Crippen molar-refractivity contribution >= 4 is 57.8 Å². The number of thiazole rings is 1. The molecular formula is C26H23N3O4S3. The standard InChI is InChI=1S/C26H23N3O4S3/c1-11-4-6-12(7-5-11)27-16(30)10-29-24(31)18-13-9-14(19(18)25(29)32)21-17(13)20(15-3-2-8-34-15)22-23(35-21)28-26(33)36-22/h2-8,13-14,17-21H,9-10H2,1H3,(H,27,30)(H,28,33)/t13?,14?,17?,18?,19?,20-,21?/m1/s1. The first kappa shape index (κ1) is 22.5. The minimum Gasteiger partial charge on any atom is -0.325 e. The van der Waals surface area contributed by atoms with Gasteiger partial charge >= 0.3 is 4.87 Å². The molecule has 2 N–H and O–H groups in total. The van der Waals surface area contributed by atoms with E-state index in [1.807, 2.05) is 37.3 Å². The summed E-state index contributed by atoms with van der Waals surface area (Å²) in [6.45, 7) is 1.71. The number of hydrogen-bond acceptors (Lipinski definition) is 7. The average molecular weight is 538 g/mol. The summed E-state index contributed by atoms with van der Waals surface area (Å²) < 4.78 is 0. The van der Waals surface area contributed by atoms with Crippen LogP contribution < -0.4 is 10.2 Å². The molecule has 0 spiro atoms. The lowest BCUT2D eigenvalue weighted by atomic mass is 9.69. The van der Waals surface area contributed by atoms with Gasteiger partial charge in [0.05, 0.1) is 16.9 Å². The SMILES string of the molecule is Cc1ccc(NC(=O)CN2C(=O)C3C4CC(C3C2=O)C2C4Sc3[nH]c(=O)sc3[C@@H]2c2cccs2)cc1. The molecule has 184 valence electrons. The van der Waals surface area contributed by atoms with Gasteiger partial charge in [0.1, 0.15) is 6.54 Å². The number of imide groups is 1. The van der Waals surface area contributed by atoms with Crippen LogP contribution in [0.2, 0.25) is 0 Å². The zero-order valence-corrected chi connectivity index (χ0v) is 21.8. The number of aryl methyl sites for hydroxylation is 1. The van der Waals surface area contributed by atoms with Crippen LogP contribution in [0.5, 0.6) is 0 Å². The number of aromatic amines is 1. The van der Waals surface area contributed by atoms with E-state index in [4.69, 9.17) is 0 Å². The average Bonchev–Trinajstić information content (AvgIpc) is 3.66. The predicted molar refractivity (Wildman–Crippen MR) is 139 cm³/mol. The van der Waals surface area contributed by atoms with Gasteiger partial charge in [-0.05, 0) is 54.7 Å². The van der Waals surface area contributed by atoms with Crippen LogP contribution in [-0.2, 0) is 14.4 Å². The molecule has 1 saturated heterocycles. The number of rotatable bonds is 4. The lowest BCUT2D eigenvalue weighted by molar-refractivity contribution is -0.143. The number of carbonyl (C=O) groups is 3. The zero-order valence-electron chi connectivity index (χ0n) is 19.3. The zero-order chi connectivity index (χ0) is 24.7. The summed E-state index contributed by atoms with van der Waals surface area (Å²) in [7, 11) is 0. The molecule has 0 radical (unpaired) electrons. The topological polar surface area (TPSA) is 99.3 Å². The fourth-order valence-electron chi connectivity index (χ4n) is 7.00. The Labute approximate surface area is 219 Å². The molecular weight excluding hydrogens is 515 g/mol. The van der Waals surface area contributed by atoms with Gasteiger partial charge in [0.15, 0.2) is 0 Å². The van der Waals surface area contributed by atoms with Gasteiger partial charge in [-0.1, -0.05) is 35.1 Å². The third-order valence-corrected chi connectivity index (χ3v) is 11.8. The van der Waals surface area contributed by atoms with Gasteiger partial charge in [-0.2, -0.15) is 0 Å². The highest BCUT2D eigenvalue weighted by Gasteiger charge is 2.69. The number of benzene rings is 1. The molecule has 4 aliphatic rings. The van der Waals surface area contributed by atoms with Crippen molar-refractivity contribution in [2.45, 2.75) is 29.5 Å². The van der Waals surface area contributed by atoms with Gasteiger partial charge in [-0.15, -0.1) is 23.1 Å². The summed E-state index contributed by atoms with van der Waals surface area (Å²) in [5.74, 6) is -1.16. The summed E-state index contributed by atoms with van der Waals surface area (Å²) in [5, 5.41) is 5.94. The molecule has 7 nitrogen and oxygen atoms in total. The number of amides is 3. The molecule has 4 heterocycles. The van der Waals surface area contributed by atoms with Crippen LogP contribution in [0.15, 0.2) is 51.6 Å². The number of aromatic nitrogens is 1. The molecule has 3 amide bonds. The van der Waals surface area contributed by atoms with Crippen molar-refractivity contribution in [3.63, 3.8) is 0 Å². The third-order valence-electron chi connectivity index (χ3n) is 8.30. The molecule has 3 aromatic rings. The molecule has 2 bridgehead atoms. The van der Waals surface area contributed by atoms with Crippen LogP contribution in [-0.4, -0.2) is 39.4 Å². The van der Waals surface area contributed by atoms with Crippen molar-refractivity contribution in [2.24, 2.45) is 29.6 Å². The lowest BCUT2D eigenvalue weighted by Crippen LogP contribution is -2.42. The smallest absolute Gasteiger partial charge is 0.305 e. The fraction of sp³-hybridized carbons (Fsp3) is 0.385. The molecule has 2 aromatic heterocycles. The Balaban J connectivity index is 1.17. The van der Waals surface area contributed by atoms with E-state index in [-0.39, 0.29) is 69.9 Å². The minimum atomic E-state index is -0.379. The molecule has 7 atom stereocenters. The second-order valence-electron chi connectivity index (χ2n) is 10.2. The highest BCUT2D eigenvalue weighted by Crippen LogP contribution is 2.68. The van der Waals surface area contributed by atoms with Gasteiger partial charge < -0.3 is 10.3 Å².